The molecular formula is C20H33N5O2S. The lowest BCUT2D eigenvalue weighted by Crippen LogP contribution is -2.57. The van der Waals surface area contributed by atoms with Gasteiger partial charge in [-0.25, -0.2) is 13.1 Å². The number of aliphatic imine (C=N–C) groups is 1. The summed E-state index contributed by atoms with van der Waals surface area (Å²) in [7, 11) is -1.36. The number of piperidine rings is 2. The van der Waals surface area contributed by atoms with Gasteiger partial charge in [0.2, 0.25) is 10.0 Å². The van der Waals surface area contributed by atoms with E-state index in [-0.39, 0.29) is 0 Å². The molecule has 0 bridgehead atoms. The average Bonchev–Trinajstić information content (AvgIpc) is 2.68. The number of fused-ring (bicyclic) bond motifs is 1. The molecule has 2 atom stereocenters. The van der Waals surface area contributed by atoms with Gasteiger partial charge in [-0.1, -0.05) is 30.3 Å². The highest BCUT2D eigenvalue weighted by Crippen LogP contribution is 2.31. The zero-order valence-corrected chi connectivity index (χ0v) is 17.8. The number of sulfonamides is 1. The van der Waals surface area contributed by atoms with Crippen molar-refractivity contribution in [2.75, 3.05) is 46.0 Å². The molecule has 2 unspecified atom stereocenters. The highest BCUT2D eigenvalue weighted by molar-refractivity contribution is 7.88. The molecule has 2 saturated heterocycles. The Kier molecular flexibility index (Phi) is 7.31. The number of rotatable bonds is 6. The number of hydrogen-bond donors (Lipinski definition) is 2. The zero-order valence-electron chi connectivity index (χ0n) is 17.0. The molecule has 8 heteroatoms. The third kappa shape index (κ3) is 5.93. The number of benzene rings is 1. The summed E-state index contributed by atoms with van der Waals surface area (Å²) in [4.78, 5) is 9.40. The van der Waals surface area contributed by atoms with Crippen molar-refractivity contribution in [3.63, 3.8) is 0 Å². The minimum Gasteiger partial charge on any atom is -0.355 e. The topological polar surface area (TPSA) is 77.0 Å². The van der Waals surface area contributed by atoms with Gasteiger partial charge >= 0.3 is 0 Å². The Bertz CT molecular complexity index is 753. The summed E-state index contributed by atoms with van der Waals surface area (Å²) >= 11 is 0. The zero-order chi connectivity index (χ0) is 20.0. The summed E-state index contributed by atoms with van der Waals surface area (Å²) < 4.78 is 24.9. The second kappa shape index (κ2) is 9.71. The van der Waals surface area contributed by atoms with Crippen molar-refractivity contribution in [3.05, 3.63) is 35.9 Å². The molecule has 7 nitrogen and oxygen atoms in total. The predicted octanol–water partition coefficient (Wildman–Crippen LogP) is 1.10. The van der Waals surface area contributed by atoms with Crippen molar-refractivity contribution in [1.29, 1.82) is 0 Å². The van der Waals surface area contributed by atoms with E-state index in [0.29, 0.717) is 25.0 Å². The van der Waals surface area contributed by atoms with Crippen LogP contribution in [0.2, 0.25) is 0 Å². The molecule has 0 aromatic heterocycles. The van der Waals surface area contributed by atoms with Gasteiger partial charge in [0.1, 0.15) is 0 Å². The minimum absolute atomic E-state index is 0.364. The largest absolute Gasteiger partial charge is 0.355 e. The highest BCUT2D eigenvalue weighted by atomic mass is 32.2. The number of likely N-dealkylation sites (tertiary alicyclic amines) is 2. The van der Waals surface area contributed by atoms with Gasteiger partial charge in [-0.05, 0) is 37.3 Å². The first kappa shape index (κ1) is 21.1. The van der Waals surface area contributed by atoms with Crippen LogP contribution in [-0.4, -0.2) is 76.2 Å². The Balaban J connectivity index is 1.53. The summed E-state index contributed by atoms with van der Waals surface area (Å²) in [5.74, 6) is 1.52. The Morgan fingerprint density at radius 3 is 2.68 bits per heavy atom. The Morgan fingerprint density at radius 1 is 1.18 bits per heavy atom. The van der Waals surface area contributed by atoms with Crippen LogP contribution in [-0.2, 0) is 16.6 Å². The molecule has 28 heavy (non-hydrogen) atoms. The Labute approximate surface area is 169 Å². The molecule has 0 aliphatic carbocycles. The minimum atomic E-state index is -3.15. The molecule has 2 N–H and O–H groups in total. The van der Waals surface area contributed by atoms with Crippen LogP contribution in [0.1, 0.15) is 24.8 Å². The fourth-order valence-corrected chi connectivity index (χ4v) is 4.93. The van der Waals surface area contributed by atoms with Crippen LogP contribution < -0.4 is 10.0 Å². The fourth-order valence-electron chi connectivity index (χ4n) is 4.46. The van der Waals surface area contributed by atoms with Crippen LogP contribution in [0.3, 0.4) is 0 Å². The fraction of sp³-hybridized carbons (Fsp3) is 0.650. The SMILES string of the molecule is CN=C(NCCNS(C)(=O)=O)N1CCC2C(CCCN2Cc2ccccc2)C1. The first-order chi connectivity index (χ1) is 13.5. The highest BCUT2D eigenvalue weighted by Gasteiger charge is 2.36. The summed E-state index contributed by atoms with van der Waals surface area (Å²) in [5.41, 5.74) is 1.39. The molecule has 0 spiro atoms. The van der Waals surface area contributed by atoms with E-state index in [9.17, 15) is 8.42 Å². The van der Waals surface area contributed by atoms with E-state index in [0.717, 1.165) is 32.0 Å². The molecule has 0 radical (unpaired) electrons. The van der Waals surface area contributed by atoms with Gasteiger partial charge in [-0.2, -0.15) is 0 Å². The van der Waals surface area contributed by atoms with E-state index in [1.165, 1.54) is 31.2 Å². The average molecular weight is 408 g/mol. The van der Waals surface area contributed by atoms with Gasteiger partial charge < -0.3 is 10.2 Å². The quantitative estimate of drug-likeness (QED) is 0.420. The molecule has 1 aromatic rings. The van der Waals surface area contributed by atoms with Crippen molar-refractivity contribution < 1.29 is 8.42 Å². The molecule has 2 fully saturated rings. The van der Waals surface area contributed by atoms with Crippen LogP contribution in [0.5, 0.6) is 0 Å². The third-order valence-electron chi connectivity index (χ3n) is 5.70. The van der Waals surface area contributed by atoms with Gasteiger partial charge in [0, 0.05) is 45.8 Å². The van der Waals surface area contributed by atoms with Crippen molar-refractivity contribution in [1.82, 2.24) is 19.8 Å². The number of nitrogens with one attached hydrogen (secondary N) is 2. The number of guanidine groups is 1. The van der Waals surface area contributed by atoms with Crippen molar-refractivity contribution in [2.45, 2.75) is 31.8 Å². The normalized spacial score (nSPS) is 24.1. The van der Waals surface area contributed by atoms with Crippen LogP contribution in [0.4, 0.5) is 0 Å². The molecule has 1 aromatic carbocycles. The van der Waals surface area contributed by atoms with Gasteiger partial charge in [-0.15, -0.1) is 0 Å². The number of nitrogens with zero attached hydrogens (tertiary/aromatic N) is 3. The van der Waals surface area contributed by atoms with E-state index >= 15 is 0 Å². The summed E-state index contributed by atoms with van der Waals surface area (Å²) in [6.07, 6.45) is 4.82. The summed E-state index contributed by atoms with van der Waals surface area (Å²) in [6, 6.07) is 11.4. The summed E-state index contributed by atoms with van der Waals surface area (Å²) in [6.45, 7) is 5.10. The standard InChI is InChI=1S/C20H33N5O2S/c1-21-20(22-11-12-23-28(2,26)27)25-14-10-19-18(16-25)9-6-13-24(19)15-17-7-4-3-5-8-17/h3-5,7-8,18-19,23H,6,9-16H2,1-2H3,(H,21,22). The molecule has 156 valence electrons. The maximum Gasteiger partial charge on any atom is 0.208 e. The van der Waals surface area contributed by atoms with E-state index < -0.39 is 10.0 Å². The van der Waals surface area contributed by atoms with Crippen LogP contribution >= 0.6 is 0 Å². The van der Waals surface area contributed by atoms with E-state index in [4.69, 9.17) is 0 Å². The van der Waals surface area contributed by atoms with Gasteiger partial charge in [0.25, 0.3) is 0 Å². The molecule has 2 aliphatic rings. The maximum atomic E-state index is 11.2. The van der Waals surface area contributed by atoms with Gasteiger partial charge in [0.15, 0.2) is 5.96 Å². The van der Waals surface area contributed by atoms with Crippen molar-refractivity contribution >= 4 is 16.0 Å². The van der Waals surface area contributed by atoms with Crippen LogP contribution in [0.15, 0.2) is 35.3 Å². The molecule has 0 saturated carbocycles. The lowest BCUT2D eigenvalue weighted by Gasteiger charge is -2.48. The van der Waals surface area contributed by atoms with Crippen LogP contribution in [0.25, 0.3) is 0 Å². The second-order valence-corrected chi connectivity index (χ2v) is 9.63. The smallest absolute Gasteiger partial charge is 0.208 e. The van der Waals surface area contributed by atoms with Crippen LogP contribution in [0, 0.1) is 5.92 Å². The molecule has 3 rings (SSSR count). The van der Waals surface area contributed by atoms with Gasteiger partial charge in [0.05, 0.1) is 6.26 Å². The molecule has 0 amide bonds. The van der Waals surface area contributed by atoms with E-state index in [2.05, 4.69) is 55.2 Å². The van der Waals surface area contributed by atoms with E-state index in [1.54, 1.807) is 7.05 Å². The Morgan fingerprint density at radius 2 is 1.96 bits per heavy atom. The molecule has 2 aliphatic heterocycles. The maximum absolute atomic E-state index is 11.2. The third-order valence-corrected chi connectivity index (χ3v) is 6.42. The second-order valence-electron chi connectivity index (χ2n) is 7.80. The first-order valence-electron chi connectivity index (χ1n) is 10.1. The van der Waals surface area contributed by atoms with E-state index in [1.807, 2.05) is 0 Å². The lowest BCUT2D eigenvalue weighted by molar-refractivity contribution is 0.0373. The lowest BCUT2D eigenvalue weighted by atomic mass is 9.83. The Hall–Kier alpha value is -1.64. The first-order valence-corrected chi connectivity index (χ1v) is 12.0. The molecule has 2 heterocycles. The monoisotopic (exact) mass is 407 g/mol. The van der Waals surface area contributed by atoms with Gasteiger partial charge in [-0.3, -0.25) is 9.89 Å². The number of hydrogen-bond acceptors (Lipinski definition) is 4. The summed E-state index contributed by atoms with van der Waals surface area (Å²) in [5, 5.41) is 3.29. The van der Waals surface area contributed by atoms with Crippen molar-refractivity contribution in [3.8, 4) is 0 Å². The molecular weight excluding hydrogens is 374 g/mol. The predicted molar refractivity (Wildman–Crippen MR) is 114 cm³/mol. The van der Waals surface area contributed by atoms with Crippen molar-refractivity contribution in [2.24, 2.45) is 10.9 Å².